The van der Waals surface area contributed by atoms with E-state index in [-0.39, 0.29) is 5.91 Å². The lowest BCUT2D eigenvalue weighted by Gasteiger charge is -2.20. The third kappa shape index (κ3) is 3.83. The van der Waals surface area contributed by atoms with Gasteiger partial charge in [0.1, 0.15) is 6.04 Å². The van der Waals surface area contributed by atoms with Crippen LogP contribution in [0, 0.1) is 0 Å². The van der Waals surface area contributed by atoms with E-state index in [1.807, 2.05) is 7.05 Å². The van der Waals surface area contributed by atoms with E-state index in [4.69, 9.17) is 5.73 Å². The lowest BCUT2D eigenvalue weighted by atomic mass is 10.1. The lowest BCUT2D eigenvalue weighted by molar-refractivity contribution is -0.131. The topological polar surface area (TPSA) is 76.2 Å². The molecule has 17 heavy (non-hydrogen) atoms. The normalized spacial score (nSPS) is 12.5. The number of hydrogen-bond donors (Lipinski definition) is 2. The molecule has 0 aliphatic heterocycles. The summed E-state index contributed by atoms with van der Waals surface area (Å²) < 4.78 is 1.64. The van der Waals surface area contributed by atoms with Gasteiger partial charge in [-0.2, -0.15) is 5.10 Å². The highest BCUT2D eigenvalue weighted by molar-refractivity contribution is 5.82. The van der Waals surface area contributed by atoms with Gasteiger partial charge < -0.3 is 16.0 Å². The summed E-state index contributed by atoms with van der Waals surface area (Å²) in [6, 6.07) is -0.622. The van der Waals surface area contributed by atoms with Gasteiger partial charge in [0.15, 0.2) is 0 Å². The molecule has 3 N–H and O–H groups in total. The van der Waals surface area contributed by atoms with E-state index >= 15 is 0 Å². The van der Waals surface area contributed by atoms with Gasteiger partial charge >= 0.3 is 0 Å². The Bertz CT molecular complexity index is 362. The summed E-state index contributed by atoms with van der Waals surface area (Å²) in [5, 5.41) is 7.05. The quantitative estimate of drug-likeness (QED) is 0.655. The van der Waals surface area contributed by atoms with Crippen LogP contribution >= 0.6 is 0 Å². The first-order valence-electron chi connectivity index (χ1n) is 5.70. The molecule has 0 bridgehead atoms. The van der Waals surface area contributed by atoms with Crippen molar-refractivity contribution in [3.05, 3.63) is 18.0 Å². The fourth-order valence-electron chi connectivity index (χ4n) is 1.58. The first-order valence-corrected chi connectivity index (χ1v) is 5.70. The van der Waals surface area contributed by atoms with Gasteiger partial charge in [0.05, 0.1) is 6.20 Å². The molecule has 0 aromatic carbocycles. The fraction of sp³-hybridized carbons (Fsp3) is 0.636. The van der Waals surface area contributed by atoms with Crippen LogP contribution in [-0.2, 0) is 11.8 Å². The molecule has 1 aromatic heterocycles. The third-order valence-electron chi connectivity index (χ3n) is 2.65. The molecule has 0 aliphatic carbocycles. The Kier molecular flexibility index (Phi) is 5.11. The van der Waals surface area contributed by atoms with Crippen LogP contribution in [-0.4, -0.2) is 47.8 Å². The second-order valence-electron chi connectivity index (χ2n) is 4.14. The van der Waals surface area contributed by atoms with Gasteiger partial charge in [-0.05, 0) is 20.0 Å². The highest BCUT2D eigenvalue weighted by Gasteiger charge is 2.20. The van der Waals surface area contributed by atoms with Crippen molar-refractivity contribution < 1.29 is 4.79 Å². The summed E-state index contributed by atoms with van der Waals surface area (Å²) in [4.78, 5) is 13.7. The van der Waals surface area contributed by atoms with Crippen LogP contribution in [0.25, 0.3) is 0 Å². The number of hydrogen-bond acceptors (Lipinski definition) is 4. The number of likely N-dealkylation sites (N-methyl/N-ethyl adjacent to an activating group) is 1. The average Bonchev–Trinajstić information content (AvgIpc) is 2.74. The molecule has 0 spiro atoms. The summed E-state index contributed by atoms with van der Waals surface area (Å²) >= 11 is 0. The second-order valence-corrected chi connectivity index (χ2v) is 4.14. The van der Waals surface area contributed by atoms with E-state index < -0.39 is 6.04 Å². The van der Waals surface area contributed by atoms with Gasteiger partial charge in [-0.15, -0.1) is 0 Å². The zero-order valence-electron chi connectivity index (χ0n) is 10.7. The molecule has 1 rings (SSSR count). The molecule has 1 unspecified atom stereocenters. The molecule has 1 aromatic rings. The highest BCUT2D eigenvalue weighted by atomic mass is 16.2. The Balaban J connectivity index is 2.51. The molecular weight excluding hydrogens is 218 g/mol. The summed E-state index contributed by atoms with van der Waals surface area (Å²) in [5.74, 6) is -0.0749. The maximum Gasteiger partial charge on any atom is 0.243 e. The summed E-state index contributed by atoms with van der Waals surface area (Å²) in [6.45, 7) is 1.59. The van der Waals surface area contributed by atoms with Crippen LogP contribution < -0.4 is 11.1 Å². The number of nitrogens with zero attached hydrogens (tertiary/aromatic N) is 3. The molecule has 6 nitrogen and oxygen atoms in total. The minimum absolute atomic E-state index is 0.0749. The molecule has 0 saturated carbocycles. The van der Waals surface area contributed by atoms with Crippen molar-refractivity contribution >= 4 is 5.91 Å². The van der Waals surface area contributed by atoms with Gasteiger partial charge in [0, 0.05) is 32.4 Å². The molecule has 1 amide bonds. The molecule has 0 radical (unpaired) electrons. The van der Waals surface area contributed by atoms with Crippen LogP contribution in [0.2, 0.25) is 0 Å². The minimum atomic E-state index is -0.622. The maximum atomic E-state index is 12.0. The molecule has 0 saturated heterocycles. The first-order chi connectivity index (χ1) is 8.06. The lowest BCUT2D eigenvalue weighted by Crippen LogP contribution is -2.37. The van der Waals surface area contributed by atoms with Crippen LogP contribution in [0.5, 0.6) is 0 Å². The van der Waals surface area contributed by atoms with Crippen molar-refractivity contribution in [2.24, 2.45) is 12.8 Å². The van der Waals surface area contributed by atoms with E-state index in [9.17, 15) is 4.79 Å². The van der Waals surface area contributed by atoms with E-state index in [0.29, 0.717) is 6.54 Å². The highest BCUT2D eigenvalue weighted by Crippen LogP contribution is 2.11. The van der Waals surface area contributed by atoms with Crippen molar-refractivity contribution in [3.63, 3.8) is 0 Å². The fourth-order valence-corrected chi connectivity index (χ4v) is 1.58. The van der Waals surface area contributed by atoms with E-state index in [1.54, 1.807) is 36.1 Å². The van der Waals surface area contributed by atoms with Crippen LogP contribution in [0.15, 0.2) is 12.4 Å². The zero-order chi connectivity index (χ0) is 12.8. The molecular formula is C11H21N5O. The Morgan fingerprint density at radius 2 is 2.41 bits per heavy atom. The van der Waals surface area contributed by atoms with E-state index in [1.165, 1.54) is 0 Å². The molecule has 0 fully saturated rings. The van der Waals surface area contributed by atoms with Gasteiger partial charge in [-0.25, -0.2) is 0 Å². The smallest absolute Gasteiger partial charge is 0.243 e. The number of carbonyl (C=O) groups is 1. The van der Waals surface area contributed by atoms with Crippen molar-refractivity contribution in [1.29, 1.82) is 0 Å². The Morgan fingerprint density at radius 3 is 2.94 bits per heavy atom. The van der Waals surface area contributed by atoms with Crippen LogP contribution in [0.3, 0.4) is 0 Å². The van der Waals surface area contributed by atoms with Gasteiger partial charge in [-0.3, -0.25) is 9.48 Å². The largest absolute Gasteiger partial charge is 0.344 e. The number of aromatic nitrogens is 2. The molecule has 6 heteroatoms. The predicted molar refractivity (Wildman–Crippen MR) is 66.3 cm³/mol. The van der Waals surface area contributed by atoms with Gasteiger partial charge in [-0.1, -0.05) is 0 Å². The second kappa shape index (κ2) is 6.36. The van der Waals surface area contributed by atoms with Crippen molar-refractivity contribution in [2.45, 2.75) is 12.5 Å². The number of amides is 1. The van der Waals surface area contributed by atoms with Crippen molar-refractivity contribution in [2.75, 3.05) is 27.2 Å². The first kappa shape index (κ1) is 13.7. The standard InChI is InChI=1S/C11H21N5O/c1-13-5-4-6-15(2)11(17)10(12)9-7-14-16(3)8-9/h7-8,10,13H,4-6,12H2,1-3H3. The third-order valence-corrected chi connectivity index (χ3v) is 2.65. The SMILES string of the molecule is CNCCCN(C)C(=O)C(N)c1cnn(C)c1. The zero-order valence-corrected chi connectivity index (χ0v) is 10.7. The molecule has 0 aliphatic rings. The van der Waals surface area contributed by atoms with Crippen molar-refractivity contribution in [3.8, 4) is 0 Å². The van der Waals surface area contributed by atoms with Crippen LogP contribution in [0.1, 0.15) is 18.0 Å². The molecule has 1 atom stereocenters. The van der Waals surface area contributed by atoms with E-state index in [2.05, 4.69) is 10.4 Å². The van der Waals surface area contributed by atoms with Gasteiger partial charge in [0.2, 0.25) is 5.91 Å². The average molecular weight is 239 g/mol. The minimum Gasteiger partial charge on any atom is -0.344 e. The summed E-state index contributed by atoms with van der Waals surface area (Å²) in [5.41, 5.74) is 6.64. The monoisotopic (exact) mass is 239 g/mol. The Hall–Kier alpha value is -1.40. The predicted octanol–water partition coefficient (Wildman–Crippen LogP) is -0.512. The Morgan fingerprint density at radius 1 is 1.71 bits per heavy atom. The number of rotatable bonds is 6. The molecule has 96 valence electrons. The number of nitrogens with two attached hydrogens (primary N) is 1. The number of carbonyl (C=O) groups excluding carboxylic acids is 1. The summed E-state index contributed by atoms with van der Waals surface area (Å²) in [6.07, 6.45) is 4.31. The van der Waals surface area contributed by atoms with Crippen molar-refractivity contribution in [1.82, 2.24) is 20.0 Å². The maximum absolute atomic E-state index is 12.0. The molecule has 1 heterocycles. The van der Waals surface area contributed by atoms with Gasteiger partial charge in [0.25, 0.3) is 0 Å². The van der Waals surface area contributed by atoms with Crippen LogP contribution in [0.4, 0.5) is 0 Å². The van der Waals surface area contributed by atoms with E-state index in [0.717, 1.165) is 18.5 Å². The summed E-state index contributed by atoms with van der Waals surface area (Å²) in [7, 11) is 5.47. The Labute approximate surface area is 102 Å². The number of nitrogens with one attached hydrogen (secondary N) is 1. The number of aryl methyl sites for hydroxylation is 1.